The van der Waals surface area contributed by atoms with E-state index in [1.165, 1.54) is 0 Å². The highest BCUT2D eigenvalue weighted by atomic mass is 16.5. The molecule has 2 aliphatic rings. The maximum Gasteiger partial charge on any atom is 0.315 e. The average Bonchev–Trinajstić information content (AvgIpc) is 2.87. The first-order valence-electron chi connectivity index (χ1n) is 7.29. The largest absolute Gasteiger partial charge is 0.481 e. The van der Waals surface area contributed by atoms with Crippen LogP contribution in [-0.4, -0.2) is 40.9 Å². The molecule has 1 saturated carbocycles. The van der Waals surface area contributed by atoms with Gasteiger partial charge in [-0.3, -0.25) is 4.79 Å². The fourth-order valence-electron chi connectivity index (χ4n) is 3.22. The Balaban J connectivity index is 1.97. The SMILES string of the molecule is CC1OCCC1(C)NC(=O)NC1(CC(=O)O)CCCC1. The Labute approximate surface area is 119 Å². The van der Waals surface area contributed by atoms with Gasteiger partial charge < -0.3 is 20.5 Å². The summed E-state index contributed by atoms with van der Waals surface area (Å²) >= 11 is 0. The smallest absolute Gasteiger partial charge is 0.315 e. The third-order valence-electron chi connectivity index (χ3n) is 4.71. The minimum atomic E-state index is -0.865. The topological polar surface area (TPSA) is 87.7 Å². The predicted molar refractivity (Wildman–Crippen MR) is 73.6 cm³/mol. The minimum absolute atomic E-state index is 0.0107. The van der Waals surface area contributed by atoms with Gasteiger partial charge in [0.25, 0.3) is 0 Å². The van der Waals surface area contributed by atoms with E-state index in [9.17, 15) is 9.59 Å². The zero-order chi connectivity index (χ0) is 14.8. The van der Waals surface area contributed by atoms with Gasteiger partial charge in [0.15, 0.2) is 0 Å². The maximum atomic E-state index is 12.2. The first-order valence-corrected chi connectivity index (χ1v) is 7.29. The molecule has 1 saturated heterocycles. The van der Waals surface area contributed by atoms with Gasteiger partial charge in [0, 0.05) is 6.61 Å². The van der Waals surface area contributed by atoms with Crippen molar-refractivity contribution >= 4 is 12.0 Å². The van der Waals surface area contributed by atoms with Crippen LogP contribution in [0.25, 0.3) is 0 Å². The molecule has 0 radical (unpaired) electrons. The normalized spacial score (nSPS) is 32.0. The van der Waals surface area contributed by atoms with Gasteiger partial charge in [-0.15, -0.1) is 0 Å². The number of carboxylic acid groups (broad SMARTS) is 1. The van der Waals surface area contributed by atoms with Crippen LogP contribution in [0.15, 0.2) is 0 Å². The van der Waals surface area contributed by atoms with Crippen LogP contribution in [0.4, 0.5) is 4.79 Å². The number of carbonyl (C=O) groups is 2. The number of nitrogens with one attached hydrogen (secondary N) is 2. The van der Waals surface area contributed by atoms with E-state index < -0.39 is 11.5 Å². The fraction of sp³-hybridized carbons (Fsp3) is 0.857. The van der Waals surface area contributed by atoms with Gasteiger partial charge in [0.1, 0.15) is 0 Å². The summed E-state index contributed by atoms with van der Waals surface area (Å²) in [4.78, 5) is 23.2. The van der Waals surface area contributed by atoms with E-state index in [2.05, 4.69) is 10.6 Å². The average molecular weight is 284 g/mol. The lowest BCUT2D eigenvalue weighted by atomic mass is 9.92. The van der Waals surface area contributed by atoms with E-state index in [0.29, 0.717) is 6.61 Å². The summed E-state index contributed by atoms with van der Waals surface area (Å²) in [6.07, 6.45) is 4.11. The molecule has 2 rings (SSSR count). The van der Waals surface area contributed by atoms with Crippen molar-refractivity contribution in [2.24, 2.45) is 0 Å². The predicted octanol–water partition coefficient (Wildman–Crippen LogP) is 1.64. The van der Waals surface area contributed by atoms with Gasteiger partial charge in [-0.1, -0.05) is 12.8 Å². The highest BCUT2D eigenvalue weighted by Crippen LogP contribution is 2.33. The molecule has 1 aliphatic carbocycles. The van der Waals surface area contributed by atoms with Crippen molar-refractivity contribution in [3.8, 4) is 0 Å². The summed E-state index contributed by atoms with van der Waals surface area (Å²) in [6, 6.07) is -0.284. The van der Waals surface area contributed by atoms with Crippen LogP contribution in [-0.2, 0) is 9.53 Å². The molecular weight excluding hydrogens is 260 g/mol. The number of carboxylic acids is 1. The summed E-state index contributed by atoms with van der Waals surface area (Å²) in [7, 11) is 0. The van der Waals surface area contributed by atoms with E-state index in [4.69, 9.17) is 9.84 Å². The number of rotatable bonds is 4. The van der Waals surface area contributed by atoms with Gasteiger partial charge in [0.2, 0.25) is 0 Å². The van der Waals surface area contributed by atoms with Gasteiger partial charge >= 0.3 is 12.0 Å². The van der Waals surface area contributed by atoms with E-state index in [1.54, 1.807) is 0 Å². The van der Waals surface area contributed by atoms with E-state index in [1.807, 2.05) is 13.8 Å². The molecule has 114 valence electrons. The maximum absolute atomic E-state index is 12.2. The van der Waals surface area contributed by atoms with Crippen molar-refractivity contribution in [2.45, 2.75) is 69.6 Å². The number of urea groups is 1. The molecule has 0 aromatic carbocycles. The van der Waals surface area contributed by atoms with E-state index in [0.717, 1.165) is 32.1 Å². The molecule has 2 atom stereocenters. The molecule has 6 heteroatoms. The third-order valence-corrected chi connectivity index (χ3v) is 4.71. The lowest BCUT2D eigenvalue weighted by molar-refractivity contribution is -0.138. The van der Waals surface area contributed by atoms with Crippen LogP contribution in [0.2, 0.25) is 0 Å². The van der Waals surface area contributed by atoms with Crippen LogP contribution in [0, 0.1) is 0 Å². The summed E-state index contributed by atoms with van der Waals surface area (Å²) in [5.41, 5.74) is -0.970. The molecule has 6 nitrogen and oxygen atoms in total. The van der Waals surface area contributed by atoms with Crippen molar-refractivity contribution in [1.29, 1.82) is 0 Å². The molecule has 0 bridgehead atoms. The lowest BCUT2D eigenvalue weighted by Crippen LogP contribution is -2.59. The molecule has 3 N–H and O–H groups in total. The molecule has 2 fully saturated rings. The first-order chi connectivity index (χ1) is 9.35. The quantitative estimate of drug-likeness (QED) is 0.732. The van der Waals surface area contributed by atoms with Crippen molar-refractivity contribution in [3.63, 3.8) is 0 Å². The van der Waals surface area contributed by atoms with Crippen LogP contribution in [0.5, 0.6) is 0 Å². The van der Waals surface area contributed by atoms with Crippen molar-refractivity contribution in [2.75, 3.05) is 6.61 Å². The number of aliphatic carboxylic acids is 1. The Morgan fingerprint density at radius 1 is 1.25 bits per heavy atom. The van der Waals surface area contributed by atoms with Crippen LogP contribution in [0.3, 0.4) is 0 Å². The zero-order valence-electron chi connectivity index (χ0n) is 12.2. The molecule has 0 spiro atoms. The van der Waals surface area contributed by atoms with Crippen molar-refractivity contribution in [3.05, 3.63) is 0 Å². The van der Waals surface area contributed by atoms with Gasteiger partial charge in [-0.25, -0.2) is 4.79 Å². The van der Waals surface area contributed by atoms with E-state index >= 15 is 0 Å². The Hall–Kier alpha value is -1.30. The summed E-state index contributed by atoms with van der Waals surface area (Å²) in [5, 5.41) is 14.9. The molecular formula is C14H24N2O4. The standard InChI is InChI=1S/C14H24N2O4/c1-10-13(2,7-8-20-10)15-12(19)16-14(9-11(17)18)5-3-4-6-14/h10H,3-9H2,1-2H3,(H,17,18)(H2,15,16,19). The molecule has 2 unspecified atom stereocenters. The summed E-state index contributed by atoms with van der Waals surface area (Å²) in [5.74, 6) is -0.865. The van der Waals surface area contributed by atoms with Crippen LogP contribution < -0.4 is 10.6 Å². The first kappa shape index (κ1) is 15.1. The fourth-order valence-corrected chi connectivity index (χ4v) is 3.22. The Bertz CT molecular complexity index is 393. The second-order valence-electron chi connectivity index (χ2n) is 6.32. The summed E-state index contributed by atoms with van der Waals surface area (Å²) < 4.78 is 5.49. The summed E-state index contributed by atoms with van der Waals surface area (Å²) in [6.45, 7) is 4.54. The van der Waals surface area contributed by atoms with Crippen molar-refractivity contribution < 1.29 is 19.4 Å². The molecule has 1 heterocycles. The second kappa shape index (κ2) is 5.60. The lowest BCUT2D eigenvalue weighted by Gasteiger charge is -2.33. The monoisotopic (exact) mass is 284 g/mol. The number of carbonyl (C=O) groups excluding carboxylic acids is 1. The van der Waals surface area contributed by atoms with Crippen molar-refractivity contribution in [1.82, 2.24) is 10.6 Å². The molecule has 0 aromatic heterocycles. The second-order valence-corrected chi connectivity index (χ2v) is 6.32. The Kier molecular flexibility index (Phi) is 4.22. The highest BCUT2D eigenvalue weighted by molar-refractivity contribution is 5.77. The Morgan fingerprint density at radius 3 is 2.40 bits per heavy atom. The number of hydrogen-bond donors (Lipinski definition) is 3. The molecule has 1 aliphatic heterocycles. The van der Waals surface area contributed by atoms with Crippen LogP contribution in [0.1, 0.15) is 52.4 Å². The Morgan fingerprint density at radius 2 is 1.90 bits per heavy atom. The third kappa shape index (κ3) is 3.23. The van der Waals surface area contributed by atoms with Gasteiger partial charge in [-0.2, -0.15) is 0 Å². The number of amides is 2. The van der Waals surface area contributed by atoms with Crippen LogP contribution >= 0.6 is 0 Å². The molecule has 20 heavy (non-hydrogen) atoms. The van der Waals surface area contributed by atoms with Gasteiger partial charge in [0.05, 0.1) is 23.6 Å². The molecule has 2 amide bonds. The highest BCUT2D eigenvalue weighted by Gasteiger charge is 2.41. The van der Waals surface area contributed by atoms with Gasteiger partial charge in [-0.05, 0) is 33.1 Å². The number of ether oxygens (including phenoxy) is 1. The number of hydrogen-bond acceptors (Lipinski definition) is 3. The molecule has 0 aromatic rings. The van der Waals surface area contributed by atoms with E-state index in [-0.39, 0.29) is 24.1 Å². The zero-order valence-corrected chi connectivity index (χ0v) is 12.2. The minimum Gasteiger partial charge on any atom is -0.481 e.